The molecular weight excluding hydrogens is 200 g/mol. The van der Waals surface area contributed by atoms with E-state index in [4.69, 9.17) is 0 Å². The van der Waals surface area contributed by atoms with Gasteiger partial charge in [-0.25, -0.2) is 0 Å². The first kappa shape index (κ1) is 8.69. The predicted molar refractivity (Wildman–Crippen MR) is 65.2 cm³/mol. The van der Waals surface area contributed by atoms with Crippen LogP contribution in [-0.2, 0) is 0 Å². The fourth-order valence-electron chi connectivity index (χ4n) is 1.81. The topological polar surface area (TPSA) is 0 Å². The van der Waals surface area contributed by atoms with Crippen molar-refractivity contribution in [1.82, 2.24) is 0 Å². The van der Waals surface area contributed by atoms with E-state index >= 15 is 0 Å². The molecule has 0 spiro atoms. The lowest BCUT2D eigenvalue weighted by atomic mass is 10.0. The van der Waals surface area contributed by atoms with Gasteiger partial charge in [0.25, 0.3) is 0 Å². The maximum Gasteiger partial charge on any atom is 0.0348 e. The predicted octanol–water partition coefficient (Wildman–Crippen LogP) is 4.32. The highest BCUT2D eigenvalue weighted by molar-refractivity contribution is 7.13. The SMILES string of the molecule is [c]1ccc(-c2ccc3scccc2-3)cc1. The minimum atomic E-state index is 1.27. The van der Waals surface area contributed by atoms with Gasteiger partial charge >= 0.3 is 0 Å². The van der Waals surface area contributed by atoms with Crippen LogP contribution < -0.4 is 0 Å². The lowest BCUT2D eigenvalue weighted by molar-refractivity contribution is 1.66. The molecule has 15 heavy (non-hydrogen) atoms. The Morgan fingerprint density at radius 1 is 0.867 bits per heavy atom. The molecule has 0 atom stereocenters. The van der Waals surface area contributed by atoms with Crippen LogP contribution in [0.1, 0.15) is 0 Å². The van der Waals surface area contributed by atoms with Crippen LogP contribution >= 0.6 is 11.3 Å². The first-order valence-corrected chi connectivity index (χ1v) is 5.76. The molecule has 0 saturated heterocycles. The van der Waals surface area contributed by atoms with Crippen molar-refractivity contribution in [2.45, 2.75) is 0 Å². The molecule has 1 aliphatic carbocycles. The second-order valence-corrected chi connectivity index (χ2v) is 4.37. The minimum Gasteiger partial charge on any atom is -0.144 e. The fourth-order valence-corrected chi connectivity index (χ4v) is 2.57. The third-order valence-corrected chi connectivity index (χ3v) is 3.43. The Kier molecular flexibility index (Phi) is 2.04. The highest BCUT2D eigenvalue weighted by Gasteiger charge is 2.09. The summed E-state index contributed by atoms with van der Waals surface area (Å²) in [5, 5.41) is 2.12. The summed E-state index contributed by atoms with van der Waals surface area (Å²) in [6.07, 6.45) is 0. The molecule has 0 N–H and O–H groups in total. The minimum absolute atomic E-state index is 1.27. The van der Waals surface area contributed by atoms with E-state index < -0.39 is 0 Å². The van der Waals surface area contributed by atoms with E-state index in [1.54, 1.807) is 11.3 Å². The van der Waals surface area contributed by atoms with Crippen LogP contribution in [0.5, 0.6) is 0 Å². The molecule has 0 fully saturated rings. The molecule has 1 aliphatic heterocycles. The molecule has 0 unspecified atom stereocenters. The third kappa shape index (κ3) is 1.45. The summed E-state index contributed by atoms with van der Waals surface area (Å²) >= 11 is 1.78. The van der Waals surface area contributed by atoms with Crippen molar-refractivity contribution in [3.63, 3.8) is 0 Å². The molecule has 0 bridgehead atoms. The van der Waals surface area contributed by atoms with Gasteiger partial charge in [0.2, 0.25) is 0 Å². The van der Waals surface area contributed by atoms with Gasteiger partial charge in [-0.1, -0.05) is 42.5 Å². The molecule has 1 heteroatoms. The number of hydrogen-bond donors (Lipinski definition) is 0. The molecule has 0 nitrogen and oxygen atoms in total. The molecule has 0 amide bonds. The van der Waals surface area contributed by atoms with E-state index in [0.29, 0.717) is 0 Å². The quantitative estimate of drug-likeness (QED) is 0.560. The summed E-state index contributed by atoms with van der Waals surface area (Å²) in [5.41, 5.74) is 3.92. The number of benzene rings is 1. The maximum absolute atomic E-state index is 3.05. The highest BCUT2D eigenvalue weighted by atomic mass is 32.1. The van der Waals surface area contributed by atoms with Gasteiger partial charge in [0.05, 0.1) is 0 Å². The smallest absolute Gasteiger partial charge is 0.0348 e. The Hall–Kier alpha value is -1.60. The van der Waals surface area contributed by atoms with Gasteiger partial charge in [0.15, 0.2) is 0 Å². The zero-order valence-corrected chi connectivity index (χ0v) is 8.92. The molecule has 1 aromatic rings. The summed E-state index contributed by atoms with van der Waals surface area (Å²) in [5.74, 6) is 0. The second kappa shape index (κ2) is 3.52. The average Bonchev–Trinajstić information content (AvgIpc) is 2.74. The Morgan fingerprint density at radius 2 is 1.73 bits per heavy atom. The lowest BCUT2D eigenvalue weighted by Crippen LogP contribution is -1.76. The van der Waals surface area contributed by atoms with Crippen LogP contribution in [0.15, 0.2) is 53.9 Å². The molecule has 0 aromatic heterocycles. The fraction of sp³-hybridized carbons (Fsp3) is 0. The Morgan fingerprint density at radius 3 is 2.60 bits per heavy atom. The van der Waals surface area contributed by atoms with Crippen molar-refractivity contribution in [3.05, 3.63) is 60.0 Å². The van der Waals surface area contributed by atoms with Crippen molar-refractivity contribution < 1.29 is 0 Å². The van der Waals surface area contributed by atoms with Crippen molar-refractivity contribution in [2.24, 2.45) is 0 Å². The maximum atomic E-state index is 3.05. The van der Waals surface area contributed by atoms with Crippen LogP contribution in [-0.4, -0.2) is 0 Å². The highest BCUT2D eigenvalue weighted by Crippen LogP contribution is 2.37. The van der Waals surface area contributed by atoms with Crippen LogP contribution in [0.2, 0.25) is 0 Å². The van der Waals surface area contributed by atoms with Crippen LogP contribution in [0, 0.1) is 6.07 Å². The molecule has 2 aliphatic rings. The van der Waals surface area contributed by atoms with Gasteiger partial charge in [-0.3, -0.25) is 0 Å². The Bertz CT molecular complexity index is 536. The van der Waals surface area contributed by atoms with Gasteiger partial charge in [-0.05, 0) is 34.2 Å². The molecule has 71 valence electrons. The van der Waals surface area contributed by atoms with Gasteiger partial charge in [-0.2, -0.15) is 0 Å². The van der Waals surface area contributed by atoms with E-state index in [-0.39, 0.29) is 0 Å². The number of hydrogen-bond acceptors (Lipinski definition) is 1. The Balaban J connectivity index is 2.22. The molecule has 0 saturated carbocycles. The number of rotatable bonds is 1. The monoisotopic (exact) mass is 209 g/mol. The van der Waals surface area contributed by atoms with Crippen molar-refractivity contribution >= 4 is 11.3 Å². The normalized spacial score (nSPS) is 10.7. The van der Waals surface area contributed by atoms with E-state index in [2.05, 4.69) is 47.8 Å². The third-order valence-electron chi connectivity index (χ3n) is 2.52. The van der Waals surface area contributed by atoms with E-state index in [9.17, 15) is 0 Å². The van der Waals surface area contributed by atoms with Gasteiger partial charge in [-0.15, -0.1) is 11.3 Å². The van der Waals surface area contributed by atoms with Crippen molar-refractivity contribution in [1.29, 1.82) is 0 Å². The lowest BCUT2D eigenvalue weighted by Gasteiger charge is -2.02. The van der Waals surface area contributed by atoms with Crippen LogP contribution in [0.4, 0.5) is 0 Å². The summed E-state index contributed by atoms with van der Waals surface area (Å²) in [6, 6.07) is 19.8. The molecular formula is C14H9S. The zero-order valence-electron chi connectivity index (χ0n) is 8.10. The van der Waals surface area contributed by atoms with Crippen LogP contribution in [0.25, 0.3) is 21.6 Å². The van der Waals surface area contributed by atoms with Crippen LogP contribution in [0.3, 0.4) is 0 Å². The molecule has 1 aromatic carbocycles. The number of fused-ring (bicyclic) bond motifs is 1. The van der Waals surface area contributed by atoms with Crippen molar-refractivity contribution in [3.8, 4) is 21.6 Å². The second-order valence-electron chi connectivity index (χ2n) is 3.43. The first-order valence-electron chi connectivity index (χ1n) is 4.88. The molecule has 1 radical (unpaired) electrons. The van der Waals surface area contributed by atoms with E-state index in [1.165, 1.54) is 21.6 Å². The summed E-state index contributed by atoms with van der Waals surface area (Å²) in [6.45, 7) is 0. The van der Waals surface area contributed by atoms with E-state index in [0.717, 1.165) is 0 Å². The first-order chi connectivity index (χ1) is 7.45. The largest absolute Gasteiger partial charge is 0.144 e. The van der Waals surface area contributed by atoms with Gasteiger partial charge in [0.1, 0.15) is 0 Å². The average molecular weight is 209 g/mol. The van der Waals surface area contributed by atoms with E-state index in [1.807, 2.05) is 12.1 Å². The standard InChI is InChI=1S/C14H9S/c1-2-5-11(6-3-1)12-8-9-14-13(12)7-4-10-15-14/h2-10H. The Labute approximate surface area is 93.2 Å². The van der Waals surface area contributed by atoms with Gasteiger partial charge < -0.3 is 0 Å². The zero-order chi connectivity index (χ0) is 10.1. The summed E-state index contributed by atoms with van der Waals surface area (Å²) < 4.78 is 0. The summed E-state index contributed by atoms with van der Waals surface area (Å²) in [7, 11) is 0. The molecule has 1 heterocycles. The van der Waals surface area contributed by atoms with Gasteiger partial charge in [0, 0.05) is 4.88 Å². The molecule has 3 rings (SSSR count). The summed E-state index contributed by atoms with van der Waals surface area (Å²) in [4.78, 5) is 1.35. The van der Waals surface area contributed by atoms with Crippen molar-refractivity contribution in [2.75, 3.05) is 0 Å².